The summed E-state index contributed by atoms with van der Waals surface area (Å²) in [7, 11) is 0. The van der Waals surface area contributed by atoms with Crippen LogP contribution in [0, 0.1) is 17.7 Å². The first-order chi connectivity index (χ1) is 5.74. The monoisotopic (exact) mass is 227 g/mol. The molecule has 0 aliphatic rings. The Morgan fingerprint density at radius 1 is 1.50 bits per heavy atom. The fraction of sp³-hybridized carbons (Fsp3) is 0.111. The molecule has 0 spiro atoms. The van der Waals surface area contributed by atoms with Crippen LogP contribution in [0.3, 0.4) is 0 Å². The number of hydrogen-bond donors (Lipinski definition) is 1. The fourth-order valence-electron chi connectivity index (χ4n) is 0.737. The number of halogens is 2. The van der Waals surface area contributed by atoms with Crippen LogP contribution in [0.4, 0.5) is 4.39 Å². The van der Waals surface area contributed by atoms with E-state index in [1.54, 1.807) is 6.07 Å². The van der Waals surface area contributed by atoms with Crippen molar-refractivity contribution in [2.45, 2.75) is 0 Å². The van der Waals surface area contributed by atoms with Crippen molar-refractivity contribution in [3.8, 4) is 11.8 Å². The van der Waals surface area contributed by atoms with Gasteiger partial charge in [-0.1, -0.05) is 11.8 Å². The van der Waals surface area contributed by atoms with E-state index in [1.807, 2.05) is 0 Å². The van der Waals surface area contributed by atoms with Crippen LogP contribution >= 0.6 is 15.9 Å². The zero-order valence-electron chi connectivity index (χ0n) is 6.27. The Balaban J connectivity index is 3.01. The van der Waals surface area contributed by atoms with Crippen LogP contribution in [0.25, 0.3) is 0 Å². The molecule has 0 unspecified atom stereocenters. The molecular formula is C9H7BrFN. The molecule has 0 aliphatic carbocycles. The highest BCUT2D eigenvalue weighted by Crippen LogP contribution is 2.16. The van der Waals surface area contributed by atoms with Crippen LogP contribution < -0.4 is 5.73 Å². The van der Waals surface area contributed by atoms with Gasteiger partial charge in [0.2, 0.25) is 0 Å². The molecule has 0 fully saturated rings. The standard InChI is InChI=1S/C9H7BrFN/c10-9-6-8(11)4-3-7(9)2-1-5-12/h3-4,6H,5,12H2. The summed E-state index contributed by atoms with van der Waals surface area (Å²) in [5.74, 6) is 5.22. The second-order valence-electron chi connectivity index (χ2n) is 2.13. The minimum absolute atomic E-state index is 0.278. The van der Waals surface area contributed by atoms with Crippen molar-refractivity contribution in [1.29, 1.82) is 0 Å². The van der Waals surface area contributed by atoms with Gasteiger partial charge in [-0.2, -0.15) is 0 Å². The topological polar surface area (TPSA) is 26.0 Å². The van der Waals surface area contributed by atoms with E-state index in [2.05, 4.69) is 27.8 Å². The number of hydrogen-bond acceptors (Lipinski definition) is 1. The van der Waals surface area contributed by atoms with Crippen molar-refractivity contribution >= 4 is 15.9 Å². The largest absolute Gasteiger partial charge is 0.320 e. The molecule has 0 aliphatic heterocycles. The van der Waals surface area contributed by atoms with Crippen molar-refractivity contribution in [3.63, 3.8) is 0 Å². The maximum atomic E-state index is 12.6. The molecule has 0 aromatic heterocycles. The predicted molar refractivity (Wildman–Crippen MR) is 50.0 cm³/mol. The van der Waals surface area contributed by atoms with Crippen molar-refractivity contribution in [2.24, 2.45) is 5.73 Å². The first-order valence-corrected chi connectivity index (χ1v) is 4.17. The van der Waals surface area contributed by atoms with Crippen LogP contribution in [0.1, 0.15) is 5.56 Å². The van der Waals surface area contributed by atoms with Gasteiger partial charge in [-0.3, -0.25) is 0 Å². The highest BCUT2D eigenvalue weighted by atomic mass is 79.9. The molecule has 0 atom stereocenters. The summed E-state index contributed by atoms with van der Waals surface area (Å²) >= 11 is 3.19. The third-order valence-corrected chi connectivity index (χ3v) is 1.91. The van der Waals surface area contributed by atoms with Gasteiger partial charge in [0, 0.05) is 10.0 Å². The molecule has 0 amide bonds. The third-order valence-electron chi connectivity index (χ3n) is 1.26. The summed E-state index contributed by atoms with van der Waals surface area (Å²) in [6.07, 6.45) is 0. The van der Waals surface area contributed by atoms with Crippen molar-refractivity contribution in [3.05, 3.63) is 34.1 Å². The van der Waals surface area contributed by atoms with E-state index in [0.29, 0.717) is 11.0 Å². The molecule has 1 aromatic rings. The molecule has 1 rings (SSSR count). The lowest BCUT2D eigenvalue weighted by Gasteiger charge is -1.94. The van der Waals surface area contributed by atoms with Gasteiger partial charge < -0.3 is 5.73 Å². The second-order valence-corrected chi connectivity index (χ2v) is 2.98. The smallest absolute Gasteiger partial charge is 0.124 e. The lowest BCUT2D eigenvalue weighted by Crippen LogP contribution is -1.93. The maximum absolute atomic E-state index is 12.6. The van der Waals surface area contributed by atoms with E-state index >= 15 is 0 Å². The van der Waals surface area contributed by atoms with E-state index in [-0.39, 0.29) is 5.82 Å². The van der Waals surface area contributed by atoms with Gasteiger partial charge in [0.1, 0.15) is 5.82 Å². The average Bonchev–Trinajstić information content (AvgIpc) is 2.03. The molecular weight excluding hydrogens is 221 g/mol. The molecule has 1 aromatic carbocycles. The van der Waals surface area contributed by atoms with Gasteiger partial charge in [-0.05, 0) is 34.1 Å². The Hall–Kier alpha value is -0.850. The Kier molecular flexibility index (Phi) is 3.27. The van der Waals surface area contributed by atoms with Gasteiger partial charge >= 0.3 is 0 Å². The molecule has 0 saturated heterocycles. The predicted octanol–water partition coefficient (Wildman–Crippen LogP) is 1.90. The Bertz CT molecular complexity index is 338. The van der Waals surface area contributed by atoms with Crippen LogP contribution in [0.5, 0.6) is 0 Å². The summed E-state index contributed by atoms with van der Waals surface area (Å²) in [6.45, 7) is 0.309. The van der Waals surface area contributed by atoms with Crippen LogP contribution in [-0.4, -0.2) is 6.54 Å². The minimum atomic E-state index is -0.278. The summed E-state index contributed by atoms with van der Waals surface area (Å²) in [5.41, 5.74) is 5.95. The van der Waals surface area contributed by atoms with Crippen molar-refractivity contribution in [1.82, 2.24) is 0 Å². The van der Waals surface area contributed by atoms with E-state index in [4.69, 9.17) is 5.73 Å². The molecule has 0 radical (unpaired) electrons. The van der Waals surface area contributed by atoms with Gasteiger partial charge in [0.25, 0.3) is 0 Å². The van der Waals surface area contributed by atoms with E-state index in [1.165, 1.54) is 12.1 Å². The quantitative estimate of drug-likeness (QED) is 0.674. The molecule has 12 heavy (non-hydrogen) atoms. The third kappa shape index (κ3) is 2.33. The molecule has 0 bridgehead atoms. The van der Waals surface area contributed by atoms with Crippen LogP contribution in [0.15, 0.2) is 22.7 Å². The molecule has 0 heterocycles. The fourth-order valence-corrected chi connectivity index (χ4v) is 1.19. The van der Waals surface area contributed by atoms with Crippen molar-refractivity contribution < 1.29 is 4.39 Å². The van der Waals surface area contributed by atoms with Gasteiger partial charge in [-0.25, -0.2) is 4.39 Å². The molecule has 62 valence electrons. The molecule has 0 saturated carbocycles. The number of nitrogens with two attached hydrogens (primary N) is 1. The van der Waals surface area contributed by atoms with E-state index in [0.717, 1.165) is 5.56 Å². The van der Waals surface area contributed by atoms with E-state index in [9.17, 15) is 4.39 Å². The number of rotatable bonds is 0. The Morgan fingerprint density at radius 2 is 2.25 bits per heavy atom. The first kappa shape index (κ1) is 9.24. The summed E-state index contributed by atoms with van der Waals surface area (Å²) in [5, 5.41) is 0. The zero-order valence-corrected chi connectivity index (χ0v) is 7.86. The Labute approximate surface area is 78.9 Å². The van der Waals surface area contributed by atoms with Crippen LogP contribution in [-0.2, 0) is 0 Å². The minimum Gasteiger partial charge on any atom is -0.320 e. The molecule has 1 nitrogen and oxygen atoms in total. The van der Waals surface area contributed by atoms with Crippen molar-refractivity contribution in [2.75, 3.05) is 6.54 Å². The summed E-state index contributed by atoms with van der Waals surface area (Å²) < 4.78 is 13.2. The highest BCUT2D eigenvalue weighted by molar-refractivity contribution is 9.10. The number of benzene rings is 1. The summed E-state index contributed by atoms with van der Waals surface area (Å²) in [6, 6.07) is 4.36. The lowest BCUT2D eigenvalue weighted by atomic mass is 10.2. The normalized spacial score (nSPS) is 8.92. The average molecular weight is 228 g/mol. The van der Waals surface area contributed by atoms with Gasteiger partial charge in [0.15, 0.2) is 0 Å². The maximum Gasteiger partial charge on any atom is 0.124 e. The Morgan fingerprint density at radius 3 is 2.83 bits per heavy atom. The van der Waals surface area contributed by atoms with E-state index < -0.39 is 0 Å². The molecule has 2 N–H and O–H groups in total. The summed E-state index contributed by atoms with van der Waals surface area (Å²) in [4.78, 5) is 0. The molecule has 3 heteroatoms. The first-order valence-electron chi connectivity index (χ1n) is 3.38. The zero-order chi connectivity index (χ0) is 8.97. The SMILES string of the molecule is NCC#Cc1ccc(F)cc1Br. The van der Waals surface area contributed by atoms with Crippen LogP contribution in [0.2, 0.25) is 0 Å². The van der Waals surface area contributed by atoms with Gasteiger partial charge in [-0.15, -0.1) is 0 Å². The lowest BCUT2D eigenvalue weighted by molar-refractivity contribution is 0.627. The van der Waals surface area contributed by atoms with Gasteiger partial charge in [0.05, 0.1) is 6.54 Å². The highest BCUT2D eigenvalue weighted by Gasteiger charge is 1.96. The second kappa shape index (κ2) is 4.24.